The molecule has 0 bridgehead atoms. The number of phenols is 1. The normalized spacial score (nSPS) is 11.0. The largest absolute Gasteiger partial charge is 0.504 e. The van der Waals surface area contributed by atoms with Gasteiger partial charge in [-0.25, -0.2) is 0 Å². The van der Waals surface area contributed by atoms with Crippen molar-refractivity contribution in [3.63, 3.8) is 0 Å². The lowest BCUT2D eigenvalue weighted by atomic mass is 10.1. The summed E-state index contributed by atoms with van der Waals surface area (Å²) < 4.78 is 5.06. The van der Waals surface area contributed by atoms with Crippen molar-refractivity contribution in [3.05, 3.63) is 23.8 Å². The molecule has 5 nitrogen and oxygen atoms in total. The van der Waals surface area contributed by atoms with Crippen LogP contribution in [-0.4, -0.2) is 40.8 Å². The van der Waals surface area contributed by atoms with E-state index in [1.165, 1.54) is 7.11 Å². The van der Waals surface area contributed by atoms with Crippen LogP contribution in [0.4, 0.5) is 0 Å². The monoisotopic (exact) mass is 267 g/mol. The molecule has 0 fully saturated rings. The van der Waals surface area contributed by atoms with Crippen LogP contribution in [0.3, 0.4) is 0 Å². The number of ether oxygens (including phenoxy) is 1. The minimum absolute atomic E-state index is 0.105. The second kappa shape index (κ2) is 6.99. The summed E-state index contributed by atoms with van der Waals surface area (Å²) in [5, 5.41) is 18.3. The number of benzene rings is 1. The van der Waals surface area contributed by atoms with Crippen molar-refractivity contribution in [2.75, 3.05) is 13.7 Å². The molecule has 0 saturated heterocycles. The number of methoxy groups -OCH3 is 1. The molecular weight excluding hydrogens is 246 g/mol. The maximum absolute atomic E-state index is 10.6. The number of rotatable bonds is 7. The lowest BCUT2D eigenvalue weighted by molar-refractivity contribution is -0.137. The van der Waals surface area contributed by atoms with E-state index in [0.717, 1.165) is 5.56 Å². The highest BCUT2D eigenvalue weighted by Gasteiger charge is 2.13. The molecular formula is C14H21NO4. The van der Waals surface area contributed by atoms with Crippen molar-refractivity contribution < 1.29 is 19.7 Å². The third kappa shape index (κ3) is 4.79. The maximum Gasteiger partial charge on any atom is 0.304 e. The van der Waals surface area contributed by atoms with E-state index in [1.54, 1.807) is 12.1 Å². The number of nitrogens with zero attached hydrogens (tertiary/aromatic N) is 1. The van der Waals surface area contributed by atoms with Crippen LogP contribution in [-0.2, 0) is 11.3 Å². The van der Waals surface area contributed by atoms with Crippen LogP contribution in [0, 0.1) is 0 Å². The molecule has 5 heteroatoms. The van der Waals surface area contributed by atoms with Crippen molar-refractivity contribution in [3.8, 4) is 11.5 Å². The molecule has 1 rings (SSSR count). The number of carbonyl (C=O) groups is 1. The summed E-state index contributed by atoms with van der Waals surface area (Å²) in [5.41, 5.74) is 0.980. The highest BCUT2D eigenvalue weighted by Crippen LogP contribution is 2.27. The van der Waals surface area contributed by atoms with E-state index >= 15 is 0 Å². The van der Waals surface area contributed by atoms with Gasteiger partial charge in [0.1, 0.15) is 0 Å². The van der Waals surface area contributed by atoms with E-state index in [-0.39, 0.29) is 18.2 Å². The first-order chi connectivity index (χ1) is 8.93. The van der Waals surface area contributed by atoms with Gasteiger partial charge in [0, 0.05) is 19.1 Å². The lowest BCUT2D eigenvalue weighted by Gasteiger charge is -2.26. The second-order valence-corrected chi connectivity index (χ2v) is 4.71. The van der Waals surface area contributed by atoms with E-state index in [9.17, 15) is 9.90 Å². The Morgan fingerprint density at radius 1 is 1.42 bits per heavy atom. The van der Waals surface area contributed by atoms with Gasteiger partial charge in [0.2, 0.25) is 0 Å². The number of hydrogen-bond donors (Lipinski definition) is 2. The van der Waals surface area contributed by atoms with Crippen LogP contribution in [0.25, 0.3) is 0 Å². The van der Waals surface area contributed by atoms with Gasteiger partial charge < -0.3 is 14.9 Å². The minimum atomic E-state index is -0.797. The maximum atomic E-state index is 10.6. The van der Waals surface area contributed by atoms with E-state index in [0.29, 0.717) is 18.8 Å². The van der Waals surface area contributed by atoms with Crippen LogP contribution >= 0.6 is 0 Å². The molecule has 0 aliphatic rings. The topological polar surface area (TPSA) is 70.0 Å². The molecule has 1 aromatic carbocycles. The smallest absolute Gasteiger partial charge is 0.304 e. The predicted octanol–water partition coefficient (Wildman–Crippen LogP) is 2.09. The Labute approximate surface area is 113 Å². The fourth-order valence-corrected chi connectivity index (χ4v) is 1.81. The molecule has 0 aliphatic carbocycles. The summed E-state index contributed by atoms with van der Waals surface area (Å²) in [6.07, 6.45) is 0.118. The molecule has 0 spiro atoms. The van der Waals surface area contributed by atoms with Gasteiger partial charge in [0.05, 0.1) is 13.5 Å². The van der Waals surface area contributed by atoms with Crippen LogP contribution in [0.1, 0.15) is 25.8 Å². The third-order valence-corrected chi connectivity index (χ3v) is 2.97. The Balaban J connectivity index is 2.75. The second-order valence-electron chi connectivity index (χ2n) is 4.71. The van der Waals surface area contributed by atoms with Gasteiger partial charge in [-0.2, -0.15) is 0 Å². The predicted molar refractivity (Wildman–Crippen MR) is 72.5 cm³/mol. The molecule has 0 saturated carbocycles. The van der Waals surface area contributed by atoms with Gasteiger partial charge in [-0.15, -0.1) is 0 Å². The Kier molecular flexibility index (Phi) is 5.63. The third-order valence-electron chi connectivity index (χ3n) is 2.97. The molecule has 19 heavy (non-hydrogen) atoms. The van der Waals surface area contributed by atoms with Crippen molar-refractivity contribution in [2.45, 2.75) is 32.9 Å². The molecule has 0 amide bonds. The molecule has 0 unspecified atom stereocenters. The summed E-state index contributed by atoms with van der Waals surface area (Å²) in [6, 6.07) is 5.42. The SMILES string of the molecule is COc1cc(CN(CCC(=O)O)C(C)C)ccc1O. The van der Waals surface area contributed by atoms with Crippen LogP contribution in [0.5, 0.6) is 11.5 Å². The van der Waals surface area contributed by atoms with Crippen LogP contribution in [0.2, 0.25) is 0 Å². The van der Waals surface area contributed by atoms with E-state index in [2.05, 4.69) is 4.90 Å². The summed E-state index contributed by atoms with van der Waals surface area (Å²) in [4.78, 5) is 12.7. The Hall–Kier alpha value is -1.75. The van der Waals surface area contributed by atoms with Gasteiger partial charge in [0.25, 0.3) is 0 Å². The van der Waals surface area contributed by atoms with Gasteiger partial charge in [0.15, 0.2) is 11.5 Å². The summed E-state index contributed by atoms with van der Waals surface area (Å²) >= 11 is 0. The number of phenolic OH excluding ortho intramolecular Hbond substituents is 1. The van der Waals surface area contributed by atoms with Crippen LogP contribution < -0.4 is 4.74 Å². The molecule has 0 aliphatic heterocycles. The zero-order valence-corrected chi connectivity index (χ0v) is 11.6. The highest BCUT2D eigenvalue weighted by molar-refractivity contribution is 5.66. The quantitative estimate of drug-likeness (QED) is 0.791. The number of aliphatic carboxylic acids is 1. The number of aromatic hydroxyl groups is 1. The van der Waals surface area contributed by atoms with Gasteiger partial charge in [-0.3, -0.25) is 9.69 Å². The number of hydrogen-bond acceptors (Lipinski definition) is 4. The fourth-order valence-electron chi connectivity index (χ4n) is 1.81. The molecule has 0 radical (unpaired) electrons. The van der Waals surface area contributed by atoms with Crippen molar-refractivity contribution in [2.24, 2.45) is 0 Å². The minimum Gasteiger partial charge on any atom is -0.504 e. The molecule has 2 N–H and O–H groups in total. The van der Waals surface area contributed by atoms with E-state index in [4.69, 9.17) is 9.84 Å². The molecule has 106 valence electrons. The van der Waals surface area contributed by atoms with Gasteiger partial charge >= 0.3 is 5.97 Å². The summed E-state index contributed by atoms with van der Waals surface area (Å²) in [6.45, 7) is 5.18. The number of carboxylic acids is 1. The average Bonchev–Trinajstić information content (AvgIpc) is 2.35. The van der Waals surface area contributed by atoms with E-state index in [1.807, 2.05) is 19.9 Å². The first kappa shape index (κ1) is 15.3. The highest BCUT2D eigenvalue weighted by atomic mass is 16.5. The molecule has 1 aromatic rings. The molecule has 0 heterocycles. The van der Waals surface area contributed by atoms with Crippen molar-refractivity contribution in [1.82, 2.24) is 4.90 Å². The lowest BCUT2D eigenvalue weighted by Crippen LogP contribution is -2.32. The Morgan fingerprint density at radius 2 is 2.11 bits per heavy atom. The molecule has 0 aromatic heterocycles. The van der Waals surface area contributed by atoms with Gasteiger partial charge in [-0.1, -0.05) is 6.07 Å². The zero-order valence-electron chi connectivity index (χ0n) is 11.6. The van der Waals surface area contributed by atoms with Crippen molar-refractivity contribution >= 4 is 5.97 Å². The van der Waals surface area contributed by atoms with Crippen molar-refractivity contribution in [1.29, 1.82) is 0 Å². The summed E-state index contributed by atoms with van der Waals surface area (Å²) in [5.74, 6) is -0.263. The Morgan fingerprint density at radius 3 is 2.63 bits per heavy atom. The Bertz CT molecular complexity index is 431. The first-order valence-electron chi connectivity index (χ1n) is 6.25. The standard InChI is InChI=1S/C14H21NO4/c1-10(2)15(7-6-14(17)18)9-11-4-5-12(16)13(8-11)19-3/h4-5,8,10,16H,6-7,9H2,1-3H3,(H,17,18). The first-order valence-corrected chi connectivity index (χ1v) is 6.25. The number of carboxylic acid groups (broad SMARTS) is 1. The average molecular weight is 267 g/mol. The molecule has 0 atom stereocenters. The van der Waals surface area contributed by atoms with Gasteiger partial charge in [-0.05, 0) is 31.5 Å². The summed E-state index contributed by atoms with van der Waals surface area (Å²) in [7, 11) is 1.50. The fraction of sp³-hybridized carbons (Fsp3) is 0.500. The van der Waals surface area contributed by atoms with E-state index < -0.39 is 5.97 Å². The zero-order chi connectivity index (χ0) is 14.4. The van der Waals surface area contributed by atoms with Crippen LogP contribution in [0.15, 0.2) is 18.2 Å².